The van der Waals surface area contributed by atoms with Crippen LogP contribution in [0.2, 0.25) is 0 Å². The minimum atomic E-state index is -0.966. The van der Waals surface area contributed by atoms with Crippen LogP contribution in [-0.2, 0) is 14.3 Å². The van der Waals surface area contributed by atoms with Gasteiger partial charge in [-0.15, -0.1) is 0 Å². The highest BCUT2D eigenvalue weighted by Crippen LogP contribution is 2.83. The topological polar surface area (TPSA) is 46.6 Å². The predicted molar refractivity (Wildman–Crippen MR) is 138 cm³/mol. The van der Waals surface area contributed by atoms with Crippen LogP contribution < -0.4 is 0 Å². The summed E-state index contributed by atoms with van der Waals surface area (Å²) < 4.78 is 6.24. The first kappa shape index (κ1) is 26.5. The van der Waals surface area contributed by atoms with Gasteiger partial charge in [-0.1, -0.05) is 92.6 Å². The summed E-state index contributed by atoms with van der Waals surface area (Å²) in [5.41, 5.74) is -0.0241. The molecule has 0 saturated carbocycles. The van der Waals surface area contributed by atoms with Crippen LogP contribution in [-0.4, -0.2) is 27.9 Å². The fourth-order valence-electron chi connectivity index (χ4n) is 7.04. The number of nitrogens with zero attached hydrogens (tertiary/aromatic N) is 1. The lowest BCUT2D eigenvalue weighted by Crippen LogP contribution is -2.90. The van der Waals surface area contributed by atoms with E-state index >= 15 is 0 Å². The summed E-state index contributed by atoms with van der Waals surface area (Å²) >= 11 is 0. The number of carbonyl (C=O) groups excluding carboxylic acids is 2. The van der Waals surface area contributed by atoms with Gasteiger partial charge in [0.25, 0.3) is 0 Å². The second-order valence-corrected chi connectivity index (χ2v) is 14.2. The maximum atomic E-state index is 14.6. The molecule has 4 nitrogen and oxygen atoms in total. The average molecular weight is 468 g/mol. The van der Waals surface area contributed by atoms with Crippen molar-refractivity contribution < 1.29 is 14.3 Å². The fourth-order valence-corrected chi connectivity index (χ4v) is 7.04. The third-order valence-electron chi connectivity index (χ3n) is 7.37. The molecule has 0 bridgehead atoms. The van der Waals surface area contributed by atoms with Crippen LogP contribution in [0, 0.1) is 21.7 Å². The molecule has 0 unspecified atom stereocenters. The van der Waals surface area contributed by atoms with Crippen molar-refractivity contribution in [3.8, 4) is 0 Å². The Labute approximate surface area is 207 Å². The summed E-state index contributed by atoms with van der Waals surface area (Å²) in [5, 5.41) is 0. The van der Waals surface area contributed by atoms with Crippen molar-refractivity contribution in [3.63, 3.8) is 0 Å². The Morgan fingerprint density at radius 3 is 1.62 bits per heavy atom. The molecule has 3 rings (SSSR count). The standard InChI is InChI=1S/C30H45NO3/c1-19(32)31-23(20-17-15-14-16-18-20)29(24(33)34-28(11,12)13)21(25(2,3)4)22(26(5,6)7)30(29,31)27(8,9)10/h14-18,23H,1-13H3/t23-,29-,30+/m1/s1. The van der Waals surface area contributed by atoms with Crippen molar-refractivity contribution >= 4 is 11.9 Å². The van der Waals surface area contributed by atoms with Gasteiger partial charge in [0.2, 0.25) is 5.91 Å². The second-order valence-electron chi connectivity index (χ2n) is 14.2. The van der Waals surface area contributed by atoms with Gasteiger partial charge in [0.15, 0.2) is 0 Å². The molecule has 188 valence electrons. The Morgan fingerprint density at radius 1 is 0.794 bits per heavy atom. The van der Waals surface area contributed by atoms with Crippen molar-refractivity contribution in [1.82, 2.24) is 4.90 Å². The number of hydrogen-bond acceptors (Lipinski definition) is 3. The lowest BCUT2D eigenvalue weighted by atomic mass is 9.29. The monoisotopic (exact) mass is 467 g/mol. The Bertz CT molecular complexity index is 1020. The molecule has 3 atom stereocenters. The third kappa shape index (κ3) is 3.31. The number of ether oxygens (including phenoxy) is 1. The highest BCUT2D eigenvalue weighted by atomic mass is 16.6. The molecule has 0 spiro atoms. The molecule has 0 aromatic heterocycles. The van der Waals surface area contributed by atoms with Crippen LogP contribution in [0.15, 0.2) is 41.5 Å². The number of likely N-dealkylation sites (tertiary alicyclic amines) is 1. The van der Waals surface area contributed by atoms with E-state index in [2.05, 4.69) is 62.3 Å². The van der Waals surface area contributed by atoms with Crippen LogP contribution in [0.4, 0.5) is 0 Å². The van der Waals surface area contributed by atoms with Gasteiger partial charge in [0, 0.05) is 6.92 Å². The lowest BCUT2D eigenvalue weighted by molar-refractivity contribution is -0.263. The zero-order chi connectivity index (χ0) is 26.3. The lowest BCUT2D eigenvalue weighted by Gasteiger charge is -2.83. The summed E-state index contributed by atoms with van der Waals surface area (Å²) in [6, 6.07) is 9.60. The van der Waals surface area contributed by atoms with Gasteiger partial charge >= 0.3 is 5.97 Å². The largest absolute Gasteiger partial charge is 0.459 e. The molecule has 4 heteroatoms. The molecule has 1 aromatic rings. The summed E-state index contributed by atoms with van der Waals surface area (Å²) in [6.45, 7) is 27.0. The molecule has 1 saturated heterocycles. The first-order valence-corrected chi connectivity index (χ1v) is 12.5. The predicted octanol–water partition coefficient (Wildman–Crippen LogP) is 7.11. The molecule has 1 aliphatic heterocycles. The van der Waals surface area contributed by atoms with E-state index in [4.69, 9.17) is 4.74 Å². The van der Waals surface area contributed by atoms with Crippen molar-refractivity contribution in [1.29, 1.82) is 0 Å². The SMILES string of the molecule is CC(=O)N1[C@H](c2ccccc2)[C@@]2(C(=O)OC(C)(C)C)C(C(C)(C)C)=C(C(C)(C)C)[C@@]12C(C)(C)C. The molecular formula is C30H45NO3. The van der Waals surface area contributed by atoms with E-state index in [1.165, 1.54) is 5.57 Å². The minimum absolute atomic E-state index is 0.0160. The minimum Gasteiger partial charge on any atom is -0.459 e. The van der Waals surface area contributed by atoms with E-state index in [1.54, 1.807) is 6.92 Å². The van der Waals surface area contributed by atoms with Crippen LogP contribution in [0.5, 0.6) is 0 Å². The summed E-state index contributed by atoms with van der Waals surface area (Å²) in [5.74, 6) is -0.239. The Balaban J connectivity index is 2.56. The van der Waals surface area contributed by atoms with E-state index < -0.39 is 28.0 Å². The maximum Gasteiger partial charge on any atom is 0.322 e. The van der Waals surface area contributed by atoms with E-state index in [1.807, 2.05) is 56.0 Å². The van der Waals surface area contributed by atoms with Gasteiger partial charge in [0.1, 0.15) is 11.0 Å². The number of rotatable bonds is 2. The number of esters is 1. The zero-order valence-electron chi connectivity index (χ0n) is 23.6. The van der Waals surface area contributed by atoms with E-state index in [9.17, 15) is 9.59 Å². The van der Waals surface area contributed by atoms with Crippen LogP contribution in [0.25, 0.3) is 0 Å². The normalized spacial score (nSPS) is 27.6. The number of hydrogen-bond donors (Lipinski definition) is 0. The van der Waals surface area contributed by atoms with Crippen molar-refractivity contribution in [2.24, 2.45) is 21.7 Å². The molecule has 0 N–H and O–H groups in total. The van der Waals surface area contributed by atoms with E-state index in [0.29, 0.717) is 0 Å². The van der Waals surface area contributed by atoms with Crippen LogP contribution >= 0.6 is 0 Å². The van der Waals surface area contributed by atoms with Crippen molar-refractivity contribution in [2.75, 3.05) is 0 Å². The molecule has 0 radical (unpaired) electrons. The highest BCUT2D eigenvalue weighted by molar-refractivity contribution is 5.97. The van der Waals surface area contributed by atoms with Gasteiger partial charge in [-0.3, -0.25) is 9.59 Å². The second kappa shape index (κ2) is 7.45. The summed E-state index contributed by atoms with van der Waals surface area (Å²) in [4.78, 5) is 30.0. The zero-order valence-corrected chi connectivity index (χ0v) is 23.6. The van der Waals surface area contributed by atoms with Gasteiger partial charge in [-0.05, 0) is 53.7 Å². The maximum absolute atomic E-state index is 14.6. The number of benzene rings is 1. The van der Waals surface area contributed by atoms with Gasteiger partial charge in [0.05, 0.1) is 11.6 Å². The molecule has 2 aliphatic rings. The molecular weight excluding hydrogens is 422 g/mol. The van der Waals surface area contributed by atoms with Crippen molar-refractivity contribution in [2.45, 2.75) is 107 Å². The summed E-state index contributed by atoms with van der Waals surface area (Å²) in [7, 11) is 0. The highest BCUT2D eigenvalue weighted by Gasteiger charge is 2.89. The van der Waals surface area contributed by atoms with E-state index in [-0.39, 0.29) is 22.7 Å². The Hall–Kier alpha value is -2.10. The van der Waals surface area contributed by atoms with E-state index in [0.717, 1.165) is 11.1 Å². The summed E-state index contributed by atoms with van der Waals surface area (Å²) in [6.07, 6.45) is 0. The number of carbonyl (C=O) groups is 2. The molecule has 1 heterocycles. The van der Waals surface area contributed by atoms with Crippen molar-refractivity contribution in [3.05, 3.63) is 47.0 Å². The average Bonchev–Trinajstić information content (AvgIpc) is 2.57. The van der Waals surface area contributed by atoms with Gasteiger partial charge in [-0.2, -0.15) is 0 Å². The smallest absolute Gasteiger partial charge is 0.322 e. The van der Waals surface area contributed by atoms with Crippen LogP contribution in [0.3, 0.4) is 0 Å². The molecule has 1 amide bonds. The first-order chi connectivity index (χ1) is 15.2. The first-order valence-electron chi connectivity index (χ1n) is 12.5. The molecule has 1 aliphatic carbocycles. The molecule has 34 heavy (non-hydrogen) atoms. The van der Waals surface area contributed by atoms with Crippen LogP contribution in [0.1, 0.15) is 102 Å². The quantitative estimate of drug-likeness (QED) is 0.344. The molecule has 1 fully saturated rings. The molecule has 1 aromatic carbocycles. The van der Waals surface area contributed by atoms with Gasteiger partial charge < -0.3 is 9.64 Å². The third-order valence-corrected chi connectivity index (χ3v) is 7.37. The Morgan fingerprint density at radius 2 is 1.26 bits per heavy atom. The number of fused-ring (bicyclic) bond motifs is 1. The number of amides is 1. The van der Waals surface area contributed by atoms with Gasteiger partial charge in [-0.25, -0.2) is 0 Å². The Kier molecular flexibility index (Phi) is 5.81. The fraction of sp³-hybridized carbons (Fsp3) is 0.667.